The molecule has 0 bridgehead atoms. The summed E-state index contributed by atoms with van der Waals surface area (Å²) in [6.07, 6.45) is 0.329. The van der Waals surface area contributed by atoms with E-state index in [0.717, 1.165) is 6.07 Å². The average molecular weight is 285 g/mol. The Morgan fingerprint density at radius 3 is 2.74 bits per heavy atom. The Hall–Kier alpha value is -1.43. The van der Waals surface area contributed by atoms with E-state index in [-0.39, 0.29) is 11.2 Å². The Balaban J connectivity index is 1.96. The molecule has 0 aromatic heterocycles. The third kappa shape index (κ3) is 3.76. The Kier molecular flexibility index (Phi) is 4.52. The van der Waals surface area contributed by atoms with Gasteiger partial charge in [-0.1, -0.05) is 11.8 Å². The molecule has 102 valence electrons. The minimum Gasteiger partial charge on any atom is -0.465 e. The molecule has 1 aromatic rings. The number of nitrogens with zero attached hydrogens (tertiary/aromatic N) is 1. The van der Waals surface area contributed by atoms with Crippen LogP contribution in [0, 0.1) is 11.6 Å². The molecule has 1 heterocycles. The second-order valence-corrected chi connectivity index (χ2v) is 5.32. The SMILES string of the molecule is CCOC(=O)C1CN=C(Cc2cc(F)cc(F)c2)S1. The van der Waals surface area contributed by atoms with Crippen LogP contribution in [0.3, 0.4) is 0 Å². The maximum Gasteiger partial charge on any atom is 0.321 e. The second-order valence-electron chi connectivity index (χ2n) is 4.05. The molecule has 19 heavy (non-hydrogen) atoms. The van der Waals surface area contributed by atoms with E-state index in [1.54, 1.807) is 6.92 Å². The number of ether oxygens (including phenoxy) is 1. The lowest BCUT2D eigenvalue weighted by Crippen LogP contribution is -2.21. The molecule has 0 saturated carbocycles. The molecule has 0 fully saturated rings. The van der Waals surface area contributed by atoms with Gasteiger partial charge in [0.05, 0.1) is 18.2 Å². The maximum absolute atomic E-state index is 13.0. The zero-order valence-electron chi connectivity index (χ0n) is 10.4. The summed E-state index contributed by atoms with van der Waals surface area (Å²) in [5, 5.41) is 0.358. The van der Waals surface area contributed by atoms with Gasteiger partial charge in [-0.2, -0.15) is 0 Å². The third-order valence-corrected chi connectivity index (χ3v) is 3.71. The van der Waals surface area contributed by atoms with Crippen LogP contribution < -0.4 is 0 Å². The number of esters is 1. The second kappa shape index (κ2) is 6.14. The van der Waals surface area contributed by atoms with Crippen molar-refractivity contribution >= 4 is 22.8 Å². The molecule has 1 aromatic carbocycles. The first-order chi connectivity index (χ1) is 9.08. The summed E-state index contributed by atoms with van der Waals surface area (Å²) in [6.45, 7) is 2.44. The molecule has 0 aliphatic carbocycles. The maximum atomic E-state index is 13.0. The van der Waals surface area contributed by atoms with Crippen LogP contribution in [0.2, 0.25) is 0 Å². The van der Waals surface area contributed by atoms with Crippen LogP contribution in [-0.2, 0) is 16.0 Å². The summed E-state index contributed by atoms with van der Waals surface area (Å²) in [5.74, 6) is -1.52. The third-order valence-electron chi connectivity index (χ3n) is 2.54. The van der Waals surface area contributed by atoms with Crippen molar-refractivity contribution in [2.24, 2.45) is 4.99 Å². The van der Waals surface area contributed by atoms with Crippen LogP contribution in [0.1, 0.15) is 12.5 Å². The molecule has 3 nitrogen and oxygen atoms in total. The number of aliphatic imine (C=N–C) groups is 1. The van der Waals surface area contributed by atoms with Gasteiger partial charge in [-0.25, -0.2) is 8.78 Å². The van der Waals surface area contributed by atoms with Gasteiger partial charge in [-0.3, -0.25) is 9.79 Å². The largest absolute Gasteiger partial charge is 0.465 e. The number of carbonyl (C=O) groups is 1. The Labute approximate surface area is 114 Å². The van der Waals surface area contributed by atoms with Gasteiger partial charge in [0.15, 0.2) is 0 Å². The summed E-state index contributed by atoms with van der Waals surface area (Å²) in [5.41, 5.74) is 0.508. The van der Waals surface area contributed by atoms with E-state index < -0.39 is 11.6 Å². The van der Waals surface area contributed by atoms with Gasteiger partial charge < -0.3 is 4.74 Å². The number of rotatable bonds is 4. The van der Waals surface area contributed by atoms with E-state index in [2.05, 4.69) is 4.99 Å². The Morgan fingerprint density at radius 1 is 1.42 bits per heavy atom. The van der Waals surface area contributed by atoms with Crippen molar-refractivity contribution < 1.29 is 18.3 Å². The number of hydrogen-bond donors (Lipinski definition) is 0. The van der Waals surface area contributed by atoms with Crippen molar-refractivity contribution in [1.29, 1.82) is 0 Å². The molecule has 2 rings (SSSR count). The van der Waals surface area contributed by atoms with Crippen LogP contribution in [0.25, 0.3) is 0 Å². The van der Waals surface area contributed by atoms with Gasteiger partial charge in [0, 0.05) is 12.5 Å². The van der Waals surface area contributed by atoms with Crippen LogP contribution in [0.5, 0.6) is 0 Å². The van der Waals surface area contributed by atoms with Crippen molar-refractivity contribution in [3.05, 3.63) is 35.4 Å². The van der Waals surface area contributed by atoms with E-state index in [1.165, 1.54) is 23.9 Å². The topological polar surface area (TPSA) is 38.7 Å². The molecule has 1 unspecified atom stereocenters. The van der Waals surface area contributed by atoms with Crippen LogP contribution >= 0.6 is 11.8 Å². The Bertz CT molecular complexity index is 499. The van der Waals surface area contributed by atoms with E-state index in [4.69, 9.17) is 4.74 Å². The summed E-state index contributed by atoms with van der Waals surface area (Å²) in [4.78, 5) is 15.7. The minimum absolute atomic E-state index is 0.295. The first kappa shape index (κ1) is 14.0. The molecule has 1 atom stereocenters. The fourth-order valence-corrected chi connectivity index (χ4v) is 2.81. The highest BCUT2D eigenvalue weighted by Crippen LogP contribution is 2.25. The number of carbonyl (C=O) groups excluding carboxylic acids is 1. The molecule has 0 radical (unpaired) electrons. The highest BCUT2D eigenvalue weighted by molar-refractivity contribution is 8.15. The number of benzene rings is 1. The van der Waals surface area contributed by atoms with Crippen molar-refractivity contribution in [2.75, 3.05) is 13.2 Å². The zero-order chi connectivity index (χ0) is 13.8. The van der Waals surface area contributed by atoms with E-state index in [9.17, 15) is 13.6 Å². The quantitative estimate of drug-likeness (QED) is 0.798. The summed E-state index contributed by atoms with van der Waals surface area (Å²) in [6, 6.07) is 3.36. The van der Waals surface area contributed by atoms with Crippen molar-refractivity contribution in [1.82, 2.24) is 0 Å². The fourth-order valence-electron chi connectivity index (χ4n) is 1.77. The molecular formula is C13H13F2NO2S. The van der Waals surface area contributed by atoms with Crippen molar-refractivity contribution in [3.8, 4) is 0 Å². The zero-order valence-corrected chi connectivity index (χ0v) is 11.2. The van der Waals surface area contributed by atoms with Crippen LogP contribution in [0.15, 0.2) is 23.2 Å². The summed E-state index contributed by atoms with van der Waals surface area (Å²) >= 11 is 1.30. The molecule has 0 spiro atoms. The predicted molar refractivity (Wildman–Crippen MR) is 70.4 cm³/mol. The van der Waals surface area contributed by atoms with E-state index in [0.29, 0.717) is 30.2 Å². The molecule has 6 heteroatoms. The van der Waals surface area contributed by atoms with Crippen LogP contribution in [0.4, 0.5) is 8.78 Å². The summed E-state index contributed by atoms with van der Waals surface area (Å²) < 4.78 is 31.0. The van der Waals surface area contributed by atoms with E-state index in [1.807, 2.05) is 0 Å². The lowest BCUT2D eigenvalue weighted by Gasteiger charge is -2.07. The van der Waals surface area contributed by atoms with Gasteiger partial charge in [-0.05, 0) is 24.6 Å². The van der Waals surface area contributed by atoms with Gasteiger partial charge in [0.1, 0.15) is 16.9 Å². The van der Waals surface area contributed by atoms with E-state index >= 15 is 0 Å². The normalized spacial score (nSPS) is 18.3. The molecule has 0 saturated heterocycles. The van der Waals surface area contributed by atoms with Gasteiger partial charge >= 0.3 is 5.97 Å². The first-order valence-electron chi connectivity index (χ1n) is 5.90. The van der Waals surface area contributed by atoms with Gasteiger partial charge in [0.2, 0.25) is 0 Å². The van der Waals surface area contributed by atoms with Crippen molar-refractivity contribution in [3.63, 3.8) is 0 Å². The number of thioether (sulfide) groups is 1. The highest BCUT2D eigenvalue weighted by atomic mass is 32.2. The highest BCUT2D eigenvalue weighted by Gasteiger charge is 2.27. The molecule has 1 aliphatic rings. The molecule has 1 aliphatic heterocycles. The monoisotopic (exact) mass is 285 g/mol. The number of hydrogen-bond acceptors (Lipinski definition) is 4. The number of halogens is 2. The molecular weight excluding hydrogens is 272 g/mol. The smallest absolute Gasteiger partial charge is 0.321 e. The minimum atomic E-state index is -0.611. The average Bonchev–Trinajstić information content (AvgIpc) is 2.76. The lowest BCUT2D eigenvalue weighted by molar-refractivity contribution is -0.142. The standard InChI is InChI=1S/C13H13F2NO2S/c1-2-18-13(17)11-7-16-12(19-11)5-8-3-9(14)6-10(15)4-8/h3-4,6,11H,2,5,7H2,1H3. The van der Waals surface area contributed by atoms with Gasteiger partial charge in [0.25, 0.3) is 0 Å². The van der Waals surface area contributed by atoms with Crippen molar-refractivity contribution in [2.45, 2.75) is 18.6 Å². The lowest BCUT2D eigenvalue weighted by atomic mass is 10.1. The van der Waals surface area contributed by atoms with Crippen LogP contribution in [-0.4, -0.2) is 29.4 Å². The first-order valence-corrected chi connectivity index (χ1v) is 6.78. The van der Waals surface area contributed by atoms with Gasteiger partial charge in [-0.15, -0.1) is 0 Å². The predicted octanol–water partition coefficient (Wildman–Crippen LogP) is 2.58. The molecule has 0 amide bonds. The molecule has 0 N–H and O–H groups in total. The summed E-state index contributed by atoms with van der Waals surface area (Å²) in [7, 11) is 0. The Morgan fingerprint density at radius 2 is 2.11 bits per heavy atom. The fraction of sp³-hybridized carbons (Fsp3) is 0.385.